The van der Waals surface area contributed by atoms with Gasteiger partial charge < -0.3 is 4.90 Å². The van der Waals surface area contributed by atoms with Crippen molar-refractivity contribution in [2.75, 3.05) is 13.6 Å². The van der Waals surface area contributed by atoms with E-state index in [-0.39, 0.29) is 0 Å². The monoisotopic (exact) mass is 193 g/mol. The van der Waals surface area contributed by atoms with Gasteiger partial charge in [-0.3, -0.25) is 0 Å². The molecule has 1 nitrogen and oxygen atoms in total. The predicted molar refractivity (Wildman–Crippen MR) is 62.1 cm³/mol. The maximum absolute atomic E-state index is 3.80. The van der Waals surface area contributed by atoms with E-state index in [1.54, 1.807) is 0 Å². The van der Waals surface area contributed by atoms with E-state index in [0.717, 1.165) is 5.92 Å². The molecule has 1 aliphatic rings. The fraction of sp³-hybridized carbons (Fsp3) is 0.769. The summed E-state index contributed by atoms with van der Waals surface area (Å²) >= 11 is 0. The van der Waals surface area contributed by atoms with Gasteiger partial charge in [-0.2, -0.15) is 0 Å². The molecule has 0 aromatic heterocycles. The van der Waals surface area contributed by atoms with Crippen molar-refractivity contribution in [1.29, 1.82) is 0 Å². The lowest BCUT2D eigenvalue weighted by Gasteiger charge is -2.37. The van der Waals surface area contributed by atoms with Gasteiger partial charge in [-0.1, -0.05) is 33.3 Å². The van der Waals surface area contributed by atoms with Crippen molar-refractivity contribution in [1.82, 2.24) is 4.90 Å². The van der Waals surface area contributed by atoms with Gasteiger partial charge in [0, 0.05) is 19.5 Å². The molecule has 0 radical (unpaired) electrons. The first kappa shape index (κ1) is 11.4. The minimum absolute atomic E-state index is 0.651. The summed E-state index contributed by atoms with van der Waals surface area (Å²) in [4.78, 5) is 2.31. The molecule has 0 N–H and O–H groups in total. The van der Waals surface area contributed by atoms with Crippen LogP contribution < -0.4 is 0 Å². The molecule has 0 aliphatic carbocycles. The Morgan fingerprint density at radius 2 is 2.29 bits per heavy atom. The Morgan fingerprint density at radius 1 is 1.57 bits per heavy atom. The van der Waals surface area contributed by atoms with Crippen LogP contribution in [0.5, 0.6) is 0 Å². The molecule has 2 unspecified atom stereocenters. The standard InChI is InChI=1S/C13H23N/c1-5-7-8-12-9-10-14(4)13(6-2)11(12)3/h11-12H,2,5,7-10H2,1,3-4H3. The number of piperidine rings is 1. The minimum Gasteiger partial charge on any atom is -0.371 e. The lowest BCUT2D eigenvalue weighted by atomic mass is 9.81. The molecule has 1 aliphatic heterocycles. The molecule has 0 saturated carbocycles. The van der Waals surface area contributed by atoms with Crippen LogP contribution >= 0.6 is 0 Å². The molecule has 2 atom stereocenters. The van der Waals surface area contributed by atoms with Gasteiger partial charge in [0.05, 0.1) is 5.70 Å². The van der Waals surface area contributed by atoms with Crippen molar-refractivity contribution in [2.45, 2.75) is 39.5 Å². The first-order valence-corrected chi connectivity index (χ1v) is 5.81. The largest absolute Gasteiger partial charge is 0.371 e. The van der Waals surface area contributed by atoms with E-state index in [0.29, 0.717) is 5.92 Å². The fourth-order valence-electron chi connectivity index (χ4n) is 2.46. The van der Waals surface area contributed by atoms with Gasteiger partial charge in [-0.15, -0.1) is 5.73 Å². The van der Waals surface area contributed by atoms with Crippen molar-refractivity contribution in [3.63, 3.8) is 0 Å². The van der Waals surface area contributed by atoms with E-state index in [2.05, 4.69) is 38.1 Å². The van der Waals surface area contributed by atoms with E-state index >= 15 is 0 Å². The van der Waals surface area contributed by atoms with E-state index in [4.69, 9.17) is 0 Å². The predicted octanol–water partition coefficient (Wildman–Crippen LogP) is 3.43. The highest BCUT2D eigenvalue weighted by molar-refractivity contribution is 5.06. The maximum Gasteiger partial charge on any atom is 0.0586 e. The Bertz CT molecular complexity index is 223. The van der Waals surface area contributed by atoms with Crippen LogP contribution in [0.4, 0.5) is 0 Å². The molecule has 1 saturated heterocycles. The van der Waals surface area contributed by atoms with Gasteiger partial charge in [0.15, 0.2) is 0 Å². The summed E-state index contributed by atoms with van der Waals surface area (Å²) in [5, 5.41) is 0. The molecule has 1 fully saturated rings. The average molecular weight is 193 g/mol. The second-order valence-corrected chi connectivity index (χ2v) is 4.46. The molecule has 1 heterocycles. The van der Waals surface area contributed by atoms with Crippen molar-refractivity contribution in [2.24, 2.45) is 11.8 Å². The third-order valence-electron chi connectivity index (χ3n) is 3.49. The van der Waals surface area contributed by atoms with Gasteiger partial charge in [0.25, 0.3) is 0 Å². The summed E-state index contributed by atoms with van der Waals surface area (Å²) in [5.74, 6) is 1.51. The van der Waals surface area contributed by atoms with Crippen LogP contribution in [0.25, 0.3) is 0 Å². The normalized spacial score (nSPS) is 27.6. The molecule has 80 valence electrons. The van der Waals surface area contributed by atoms with E-state index in [1.165, 1.54) is 37.9 Å². The second kappa shape index (κ2) is 5.26. The molecule has 0 aromatic carbocycles. The summed E-state index contributed by atoms with van der Waals surface area (Å²) < 4.78 is 0. The number of likely N-dealkylation sites (tertiary alicyclic amines) is 1. The van der Waals surface area contributed by atoms with E-state index in [9.17, 15) is 0 Å². The van der Waals surface area contributed by atoms with Crippen LogP contribution in [0.2, 0.25) is 0 Å². The lowest BCUT2D eigenvalue weighted by Crippen LogP contribution is -2.34. The van der Waals surface area contributed by atoms with E-state index in [1.807, 2.05) is 0 Å². The molecule has 0 aromatic rings. The smallest absolute Gasteiger partial charge is 0.0586 e. The minimum atomic E-state index is 0.651. The molecule has 14 heavy (non-hydrogen) atoms. The molecule has 1 heteroatoms. The van der Waals surface area contributed by atoms with Crippen LogP contribution in [0.15, 0.2) is 18.0 Å². The summed E-state index contributed by atoms with van der Waals surface area (Å²) in [6, 6.07) is 0. The van der Waals surface area contributed by atoms with Crippen LogP contribution in [-0.2, 0) is 0 Å². The second-order valence-electron chi connectivity index (χ2n) is 4.46. The van der Waals surface area contributed by atoms with Gasteiger partial charge >= 0.3 is 0 Å². The highest BCUT2D eigenvalue weighted by Gasteiger charge is 2.27. The summed E-state index contributed by atoms with van der Waals surface area (Å²) in [6.45, 7) is 9.56. The zero-order chi connectivity index (χ0) is 10.6. The van der Waals surface area contributed by atoms with Gasteiger partial charge in [0.2, 0.25) is 0 Å². The number of unbranched alkanes of at least 4 members (excludes halogenated alkanes) is 1. The molecular weight excluding hydrogens is 170 g/mol. The molecular formula is C13H23N. The SMILES string of the molecule is C=C=C1C(C)C(CCCC)CCN1C. The Balaban J connectivity index is 2.60. The topological polar surface area (TPSA) is 3.24 Å². The van der Waals surface area contributed by atoms with Crippen molar-refractivity contribution < 1.29 is 0 Å². The number of nitrogens with zero attached hydrogens (tertiary/aromatic N) is 1. The van der Waals surface area contributed by atoms with Crippen LogP contribution in [0, 0.1) is 11.8 Å². The molecule has 0 spiro atoms. The van der Waals surface area contributed by atoms with Crippen molar-refractivity contribution in [3.05, 3.63) is 18.0 Å². The first-order valence-electron chi connectivity index (χ1n) is 5.81. The third kappa shape index (κ3) is 2.42. The number of hydrogen-bond acceptors (Lipinski definition) is 1. The Hall–Kier alpha value is -0.680. The summed E-state index contributed by atoms with van der Waals surface area (Å²) in [6.07, 6.45) is 5.38. The van der Waals surface area contributed by atoms with Gasteiger partial charge in [-0.05, 0) is 18.8 Å². The van der Waals surface area contributed by atoms with Crippen LogP contribution in [0.1, 0.15) is 39.5 Å². The van der Waals surface area contributed by atoms with Crippen molar-refractivity contribution in [3.8, 4) is 0 Å². The van der Waals surface area contributed by atoms with Gasteiger partial charge in [0.1, 0.15) is 0 Å². The lowest BCUT2D eigenvalue weighted by molar-refractivity contribution is 0.203. The molecule has 0 bridgehead atoms. The first-order chi connectivity index (χ1) is 6.70. The third-order valence-corrected chi connectivity index (χ3v) is 3.49. The van der Waals surface area contributed by atoms with E-state index < -0.39 is 0 Å². The summed E-state index contributed by atoms with van der Waals surface area (Å²) in [7, 11) is 2.15. The quantitative estimate of drug-likeness (QED) is 0.621. The average Bonchev–Trinajstić information content (AvgIpc) is 2.18. The Kier molecular flexibility index (Phi) is 4.28. The number of rotatable bonds is 3. The zero-order valence-electron chi connectivity index (χ0n) is 9.84. The molecule has 1 rings (SSSR count). The van der Waals surface area contributed by atoms with Crippen LogP contribution in [-0.4, -0.2) is 18.5 Å². The van der Waals surface area contributed by atoms with Crippen molar-refractivity contribution >= 4 is 0 Å². The number of allylic oxidation sites excluding steroid dienone is 1. The highest BCUT2D eigenvalue weighted by Crippen LogP contribution is 2.33. The summed E-state index contributed by atoms with van der Waals surface area (Å²) in [5.41, 5.74) is 4.42. The Morgan fingerprint density at radius 3 is 2.86 bits per heavy atom. The van der Waals surface area contributed by atoms with Gasteiger partial charge in [-0.25, -0.2) is 0 Å². The fourth-order valence-corrected chi connectivity index (χ4v) is 2.46. The van der Waals surface area contributed by atoms with Crippen LogP contribution in [0.3, 0.4) is 0 Å². The number of hydrogen-bond donors (Lipinski definition) is 0. The zero-order valence-corrected chi connectivity index (χ0v) is 9.84. The highest BCUT2D eigenvalue weighted by atomic mass is 15.1. The molecule has 0 amide bonds. The maximum atomic E-state index is 3.80. The Labute approximate surface area is 88.5 Å².